The molecule has 2 aromatic carbocycles. The molecule has 1 heterocycles. The number of carbonyl (C=O) groups excluding carboxylic acids is 1. The number of rotatable bonds is 4. The number of hydrogen-bond acceptors (Lipinski definition) is 2. The lowest BCUT2D eigenvalue weighted by molar-refractivity contribution is 0.100. The fourth-order valence-corrected chi connectivity index (χ4v) is 3.04. The van der Waals surface area contributed by atoms with Gasteiger partial charge in [0.05, 0.1) is 6.54 Å². The van der Waals surface area contributed by atoms with E-state index in [0.29, 0.717) is 12.1 Å². The molecular weight excluding hydrogens is 312 g/mol. The van der Waals surface area contributed by atoms with E-state index in [1.165, 1.54) is 11.1 Å². The van der Waals surface area contributed by atoms with Gasteiger partial charge in [0.15, 0.2) is 5.96 Å². The molecule has 0 saturated heterocycles. The molecule has 1 aliphatic rings. The lowest BCUT2D eigenvalue weighted by atomic mass is 10.0. The van der Waals surface area contributed by atoms with Gasteiger partial charge in [0, 0.05) is 25.2 Å². The first kappa shape index (κ1) is 17.0. The van der Waals surface area contributed by atoms with E-state index >= 15 is 0 Å². The number of aliphatic imine (C=N–C) groups is 1. The molecule has 0 radical (unpaired) electrons. The molecule has 1 aliphatic heterocycles. The van der Waals surface area contributed by atoms with Crippen molar-refractivity contribution in [2.24, 2.45) is 10.7 Å². The molecule has 3 N–H and O–H groups in total. The molecule has 1 amide bonds. The molecule has 25 heavy (non-hydrogen) atoms. The van der Waals surface area contributed by atoms with E-state index < -0.39 is 5.91 Å². The van der Waals surface area contributed by atoms with Crippen LogP contribution in [-0.4, -0.2) is 29.9 Å². The zero-order valence-electron chi connectivity index (χ0n) is 14.5. The lowest BCUT2D eigenvalue weighted by Gasteiger charge is -2.31. The Hall–Kier alpha value is -2.82. The van der Waals surface area contributed by atoms with Crippen molar-refractivity contribution in [2.75, 3.05) is 13.1 Å². The second-order valence-electron chi connectivity index (χ2n) is 6.17. The summed E-state index contributed by atoms with van der Waals surface area (Å²) in [6.45, 7) is 5.32. The number of nitrogens with one attached hydrogen (secondary N) is 1. The number of guanidine groups is 1. The van der Waals surface area contributed by atoms with Crippen LogP contribution in [0.1, 0.15) is 34.0 Å². The third-order valence-corrected chi connectivity index (χ3v) is 4.41. The van der Waals surface area contributed by atoms with Gasteiger partial charge in [0.2, 0.25) is 5.91 Å². The average Bonchev–Trinajstić information content (AvgIpc) is 2.65. The summed E-state index contributed by atoms with van der Waals surface area (Å²) in [5, 5.41) is 3.38. The summed E-state index contributed by atoms with van der Waals surface area (Å²) >= 11 is 0. The van der Waals surface area contributed by atoms with Gasteiger partial charge >= 0.3 is 0 Å². The SMILES string of the molecule is CCNC(=NCc1ccc(C(N)=O)cc1)N1CCc2ccccc2C1. The van der Waals surface area contributed by atoms with Crippen molar-refractivity contribution >= 4 is 11.9 Å². The van der Waals surface area contributed by atoms with E-state index in [2.05, 4.69) is 41.4 Å². The zero-order chi connectivity index (χ0) is 17.6. The smallest absolute Gasteiger partial charge is 0.248 e. The number of fused-ring (bicyclic) bond motifs is 1. The van der Waals surface area contributed by atoms with Crippen LogP contribution < -0.4 is 11.1 Å². The quantitative estimate of drug-likeness (QED) is 0.665. The van der Waals surface area contributed by atoms with Crippen LogP contribution in [0.15, 0.2) is 53.5 Å². The molecule has 3 rings (SSSR count). The number of benzene rings is 2. The maximum atomic E-state index is 11.1. The van der Waals surface area contributed by atoms with Crippen molar-refractivity contribution in [3.05, 3.63) is 70.8 Å². The van der Waals surface area contributed by atoms with Crippen molar-refractivity contribution < 1.29 is 4.79 Å². The topological polar surface area (TPSA) is 70.7 Å². The lowest BCUT2D eigenvalue weighted by Crippen LogP contribution is -2.44. The minimum atomic E-state index is -0.407. The molecule has 0 saturated carbocycles. The summed E-state index contributed by atoms with van der Waals surface area (Å²) in [5.41, 5.74) is 9.65. The van der Waals surface area contributed by atoms with Gasteiger partial charge in [-0.15, -0.1) is 0 Å². The highest BCUT2D eigenvalue weighted by Crippen LogP contribution is 2.18. The molecule has 0 aliphatic carbocycles. The Morgan fingerprint density at radius 1 is 1.16 bits per heavy atom. The zero-order valence-corrected chi connectivity index (χ0v) is 14.5. The van der Waals surface area contributed by atoms with Crippen LogP contribution in [-0.2, 0) is 19.5 Å². The first-order valence-electron chi connectivity index (χ1n) is 8.66. The fourth-order valence-electron chi connectivity index (χ4n) is 3.04. The van der Waals surface area contributed by atoms with E-state index in [-0.39, 0.29) is 0 Å². The molecular formula is C20H24N4O. The van der Waals surface area contributed by atoms with Gasteiger partial charge < -0.3 is 16.0 Å². The molecule has 0 unspecified atom stereocenters. The summed E-state index contributed by atoms with van der Waals surface area (Å²) in [4.78, 5) is 18.2. The van der Waals surface area contributed by atoms with Gasteiger partial charge in [0.25, 0.3) is 0 Å². The number of nitrogens with zero attached hydrogens (tertiary/aromatic N) is 2. The van der Waals surface area contributed by atoms with Gasteiger partial charge in [-0.3, -0.25) is 4.79 Å². The van der Waals surface area contributed by atoms with E-state index in [4.69, 9.17) is 10.7 Å². The van der Waals surface area contributed by atoms with Crippen molar-refractivity contribution in [3.63, 3.8) is 0 Å². The summed E-state index contributed by atoms with van der Waals surface area (Å²) < 4.78 is 0. The van der Waals surface area contributed by atoms with Crippen LogP contribution in [0.3, 0.4) is 0 Å². The van der Waals surface area contributed by atoms with Gasteiger partial charge in [-0.05, 0) is 42.2 Å². The highest BCUT2D eigenvalue weighted by molar-refractivity contribution is 5.92. The molecule has 0 aromatic heterocycles. The van der Waals surface area contributed by atoms with Crippen LogP contribution in [0.4, 0.5) is 0 Å². The second kappa shape index (κ2) is 7.83. The summed E-state index contributed by atoms with van der Waals surface area (Å²) in [6.07, 6.45) is 1.04. The third-order valence-electron chi connectivity index (χ3n) is 4.41. The molecule has 0 spiro atoms. The molecule has 5 heteroatoms. The number of hydrogen-bond donors (Lipinski definition) is 2. The first-order valence-corrected chi connectivity index (χ1v) is 8.66. The number of carbonyl (C=O) groups is 1. The monoisotopic (exact) mass is 336 g/mol. The minimum absolute atomic E-state index is 0.407. The second-order valence-corrected chi connectivity index (χ2v) is 6.17. The van der Waals surface area contributed by atoms with Gasteiger partial charge in [-0.25, -0.2) is 4.99 Å². The molecule has 2 aromatic rings. The van der Waals surface area contributed by atoms with Gasteiger partial charge in [0.1, 0.15) is 0 Å². The van der Waals surface area contributed by atoms with E-state index in [1.54, 1.807) is 12.1 Å². The number of nitrogens with two attached hydrogens (primary N) is 1. The normalized spacial score (nSPS) is 14.1. The number of primary amides is 1. The first-order chi connectivity index (χ1) is 12.2. The van der Waals surface area contributed by atoms with Crippen molar-refractivity contribution in [3.8, 4) is 0 Å². The van der Waals surface area contributed by atoms with Crippen molar-refractivity contribution in [2.45, 2.75) is 26.4 Å². The van der Waals surface area contributed by atoms with Crippen LogP contribution in [0.25, 0.3) is 0 Å². The highest BCUT2D eigenvalue weighted by atomic mass is 16.1. The van der Waals surface area contributed by atoms with Crippen molar-refractivity contribution in [1.29, 1.82) is 0 Å². The van der Waals surface area contributed by atoms with Crippen LogP contribution in [0.5, 0.6) is 0 Å². The molecule has 0 fully saturated rings. The molecule has 0 bridgehead atoms. The Morgan fingerprint density at radius 3 is 2.56 bits per heavy atom. The summed E-state index contributed by atoms with van der Waals surface area (Å²) in [6, 6.07) is 15.9. The average molecular weight is 336 g/mol. The van der Waals surface area contributed by atoms with Gasteiger partial charge in [-0.1, -0.05) is 36.4 Å². The van der Waals surface area contributed by atoms with E-state index in [9.17, 15) is 4.79 Å². The highest BCUT2D eigenvalue weighted by Gasteiger charge is 2.18. The van der Waals surface area contributed by atoms with Crippen LogP contribution >= 0.6 is 0 Å². The third kappa shape index (κ3) is 4.18. The predicted octanol–water partition coefficient (Wildman–Crippen LogP) is 2.31. The summed E-state index contributed by atoms with van der Waals surface area (Å²) in [5.74, 6) is 0.520. The molecule has 0 atom stereocenters. The Kier molecular flexibility index (Phi) is 5.33. The maximum absolute atomic E-state index is 11.1. The Labute approximate surface area is 148 Å². The van der Waals surface area contributed by atoms with Crippen molar-refractivity contribution in [1.82, 2.24) is 10.2 Å². The fraction of sp³-hybridized carbons (Fsp3) is 0.300. The summed E-state index contributed by atoms with van der Waals surface area (Å²) in [7, 11) is 0. The maximum Gasteiger partial charge on any atom is 0.248 e. The minimum Gasteiger partial charge on any atom is -0.366 e. The predicted molar refractivity (Wildman–Crippen MR) is 100 cm³/mol. The largest absolute Gasteiger partial charge is 0.366 e. The standard InChI is InChI=1S/C20H24N4O/c1-2-22-20(23-13-15-7-9-17(10-8-15)19(21)25)24-12-11-16-5-3-4-6-18(16)14-24/h3-10H,2,11-14H2,1H3,(H2,21,25)(H,22,23). The van der Waals surface area contributed by atoms with E-state index in [1.807, 2.05) is 12.1 Å². The Balaban J connectivity index is 1.72. The Bertz CT molecular complexity index is 768. The molecule has 5 nitrogen and oxygen atoms in total. The Morgan fingerprint density at radius 2 is 1.88 bits per heavy atom. The van der Waals surface area contributed by atoms with Crippen LogP contribution in [0, 0.1) is 0 Å². The number of amides is 1. The molecule has 130 valence electrons. The van der Waals surface area contributed by atoms with Crippen LogP contribution in [0.2, 0.25) is 0 Å². The van der Waals surface area contributed by atoms with E-state index in [0.717, 1.165) is 37.6 Å². The van der Waals surface area contributed by atoms with Gasteiger partial charge in [-0.2, -0.15) is 0 Å².